The van der Waals surface area contributed by atoms with Crippen molar-refractivity contribution in [2.24, 2.45) is 11.8 Å². The third-order valence-electron chi connectivity index (χ3n) is 8.10. The molecule has 1 aliphatic heterocycles. The number of hydrogen-bond donors (Lipinski definition) is 0. The number of aromatic nitrogens is 1. The maximum Gasteiger partial charge on any atom is 0.243 e. The molecule has 6 rings (SSSR count). The molecule has 1 aromatic heterocycles. The van der Waals surface area contributed by atoms with E-state index >= 15 is 0 Å². The summed E-state index contributed by atoms with van der Waals surface area (Å²) in [5, 5.41) is 0. The van der Waals surface area contributed by atoms with Crippen molar-refractivity contribution in [3.05, 3.63) is 60.0 Å². The van der Waals surface area contributed by atoms with Crippen molar-refractivity contribution < 1.29 is 17.6 Å². The summed E-state index contributed by atoms with van der Waals surface area (Å²) in [4.78, 5) is 20.6. The molecule has 3 fully saturated rings. The van der Waals surface area contributed by atoms with Gasteiger partial charge >= 0.3 is 0 Å². The van der Waals surface area contributed by atoms with E-state index in [1.165, 1.54) is 17.1 Å². The summed E-state index contributed by atoms with van der Waals surface area (Å²) in [6.45, 7) is 2.76. The molecule has 2 heterocycles. The molecule has 3 unspecified atom stereocenters. The lowest BCUT2D eigenvalue weighted by Gasteiger charge is -2.37. The van der Waals surface area contributed by atoms with Gasteiger partial charge in [0.2, 0.25) is 15.9 Å². The van der Waals surface area contributed by atoms with E-state index in [1.54, 1.807) is 24.3 Å². The smallest absolute Gasteiger partial charge is 0.243 e. The molecule has 0 bridgehead atoms. The van der Waals surface area contributed by atoms with Crippen LogP contribution in [0.3, 0.4) is 0 Å². The van der Waals surface area contributed by atoms with Gasteiger partial charge in [-0.25, -0.2) is 13.4 Å². The Morgan fingerprint density at radius 2 is 1.91 bits per heavy atom. The first kappa shape index (κ1) is 22.7. The number of rotatable bonds is 6. The first-order valence-corrected chi connectivity index (χ1v) is 14.1. The molecule has 35 heavy (non-hydrogen) atoms. The number of aryl methyl sites for hydroxylation is 1. The van der Waals surface area contributed by atoms with Crippen LogP contribution in [0.5, 0.6) is 0 Å². The summed E-state index contributed by atoms with van der Waals surface area (Å²) in [7, 11) is -3.75. The summed E-state index contributed by atoms with van der Waals surface area (Å²) in [5.74, 6) is 1.46. The van der Waals surface area contributed by atoms with E-state index in [-0.39, 0.29) is 16.8 Å². The normalized spacial score (nSPS) is 26.5. The van der Waals surface area contributed by atoms with Crippen LogP contribution in [0.2, 0.25) is 0 Å². The Hall–Kier alpha value is -2.71. The molecule has 2 aliphatic carbocycles. The Morgan fingerprint density at radius 1 is 1.09 bits per heavy atom. The summed E-state index contributed by atoms with van der Waals surface area (Å²) in [6, 6.07) is 12.2. The largest absolute Gasteiger partial charge is 0.443 e. The van der Waals surface area contributed by atoms with Gasteiger partial charge in [0, 0.05) is 19.1 Å². The minimum atomic E-state index is -3.75. The van der Waals surface area contributed by atoms with E-state index in [4.69, 9.17) is 4.42 Å². The number of amides is 1. The van der Waals surface area contributed by atoms with Crippen molar-refractivity contribution in [1.82, 2.24) is 14.2 Å². The highest BCUT2D eigenvalue weighted by Crippen LogP contribution is 2.50. The molecule has 7 nitrogen and oxygen atoms in total. The first-order chi connectivity index (χ1) is 16.9. The summed E-state index contributed by atoms with van der Waals surface area (Å²) in [6.07, 6.45) is 7.09. The number of carbonyl (C=O) groups excluding carboxylic acids is 1. The Balaban J connectivity index is 1.30. The molecular formula is C27H31N3O4S. The Bertz CT molecular complexity index is 1350. The fraction of sp³-hybridized carbons (Fsp3) is 0.481. The average Bonchev–Trinajstić information content (AvgIpc) is 3.22. The first-order valence-electron chi connectivity index (χ1n) is 12.6. The highest BCUT2D eigenvalue weighted by Gasteiger charge is 2.47. The molecular weight excluding hydrogens is 462 g/mol. The second-order valence-electron chi connectivity index (χ2n) is 10.4. The van der Waals surface area contributed by atoms with Crippen molar-refractivity contribution in [3.8, 4) is 0 Å². The minimum absolute atomic E-state index is 0.0671. The zero-order chi connectivity index (χ0) is 24.2. The van der Waals surface area contributed by atoms with Crippen LogP contribution in [-0.4, -0.2) is 47.1 Å². The van der Waals surface area contributed by atoms with Gasteiger partial charge in [-0.05, 0) is 87.1 Å². The lowest BCUT2D eigenvalue weighted by molar-refractivity contribution is -0.138. The molecule has 184 valence electrons. The van der Waals surface area contributed by atoms with Crippen LogP contribution < -0.4 is 0 Å². The Morgan fingerprint density at radius 3 is 2.71 bits per heavy atom. The number of benzene rings is 2. The monoisotopic (exact) mass is 493 g/mol. The molecule has 8 heteroatoms. The van der Waals surface area contributed by atoms with Crippen molar-refractivity contribution in [2.45, 2.75) is 69.0 Å². The molecule has 0 spiro atoms. The van der Waals surface area contributed by atoms with Gasteiger partial charge in [0.1, 0.15) is 11.6 Å². The van der Waals surface area contributed by atoms with Gasteiger partial charge in [0.05, 0.1) is 4.90 Å². The maximum atomic E-state index is 14.1. The van der Waals surface area contributed by atoms with Crippen molar-refractivity contribution >= 4 is 27.0 Å². The van der Waals surface area contributed by atoms with Crippen molar-refractivity contribution in [2.75, 3.05) is 6.54 Å². The molecule has 3 aliphatic rings. The lowest BCUT2D eigenvalue weighted by atomic mass is 9.93. The van der Waals surface area contributed by atoms with Gasteiger partial charge in [0.25, 0.3) is 0 Å². The summed E-state index contributed by atoms with van der Waals surface area (Å²) < 4.78 is 33.9. The van der Waals surface area contributed by atoms with Crippen LogP contribution in [0, 0.1) is 18.8 Å². The van der Waals surface area contributed by atoms with Gasteiger partial charge < -0.3 is 9.32 Å². The van der Waals surface area contributed by atoms with E-state index in [1.807, 2.05) is 30.0 Å². The van der Waals surface area contributed by atoms with Crippen LogP contribution in [0.1, 0.15) is 49.7 Å². The summed E-state index contributed by atoms with van der Waals surface area (Å²) in [5.41, 5.74) is 3.48. The maximum absolute atomic E-state index is 14.1. The standard InChI is InChI=1S/C27H31N3O4S/c1-18-4-9-23(10-5-18)35(32,33)30-12-2-3-25(30)27(31)29(22-8-7-20-14-21(20)15-22)16-19-6-11-26-24(13-19)28-17-34-26/h4-6,9-11,13,17,20-22,25H,2-3,7-8,12,14-16H2,1H3/t20?,21?,22?,25-/m0/s1. The Kier molecular flexibility index (Phi) is 5.68. The number of carbonyl (C=O) groups is 1. The second-order valence-corrected chi connectivity index (χ2v) is 12.3. The van der Waals surface area contributed by atoms with Gasteiger partial charge in [-0.3, -0.25) is 4.79 Å². The number of sulfonamides is 1. The van der Waals surface area contributed by atoms with E-state index in [2.05, 4.69) is 4.98 Å². The van der Waals surface area contributed by atoms with Gasteiger partial charge in [-0.1, -0.05) is 23.8 Å². The molecule has 4 atom stereocenters. The fourth-order valence-electron chi connectivity index (χ4n) is 6.01. The zero-order valence-corrected chi connectivity index (χ0v) is 20.8. The highest BCUT2D eigenvalue weighted by atomic mass is 32.2. The predicted molar refractivity (Wildman–Crippen MR) is 132 cm³/mol. The predicted octanol–water partition coefficient (Wildman–Crippen LogP) is 4.51. The quantitative estimate of drug-likeness (QED) is 0.505. The minimum Gasteiger partial charge on any atom is -0.443 e. The van der Waals surface area contributed by atoms with E-state index in [9.17, 15) is 13.2 Å². The third-order valence-corrected chi connectivity index (χ3v) is 10.0. The van der Waals surface area contributed by atoms with Crippen LogP contribution >= 0.6 is 0 Å². The highest BCUT2D eigenvalue weighted by molar-refractivity contribution is 7.89. The molecule has 0 radical (unpaired) electrons. The zero-order valence-electron chi connectivity index (χ0n) is 20.0. The molecule has 0 N–H and O–H groups in total. The van der Waals surface area contributed by atoms with Crippen LogP contribution in [-0.2, 0) is 21.4 Å². The van der Waals surface area contributed by atoms with Crippen LogP contribution in [0.15, 0.2) is 58.2 Å². The molecule has 2 saturated carbocycles. The van der Waals surface area contributed by atoms with Crippen LogP contribution in [0.4, 0.5) is 0 Å². The fourth-order valence-corrected chi connectivity index (χ4v) is 7.66. The van der Waals surface area contributed by atoms with Gasteiger partial charge in [0.15, 0.2) is 12.0 Å². The SMILES string of the molecule is Cc1ccc(S(=O)(=O)N2CCC[C@H]2C(=O)N(Cc2ccc3ocnc3c2)C2CCC3CC3C2)cc1. The van der Waals surface area contributed by atoms with E-state index in [0.717, 1.165) is 47.4 Å². The third kappa shape index (κ3) is 4.27. The number of fused-ring (bicyclic) bond motifs is 2. The van der Waals surface area contributed by atoms with Crippen LogP contribution in [0.25, 0.3) is 11.1 Å². The van der Waals surface area contributed by atoms with Gasteiger partial charge in [-0.15, -0.1) is 0 Å². The molecule has 1 amide bonds. The lowest BCUT2D eigenvalue weighted by Crippen LogP contribution is -2.51. The Labute approximate surface area is 206 Å². The van der Waals surface area contributed by atoms with Crippen molar-refractivity contribution in [3.63, 3.8) is 0 Å². The van der Waals surface area contributed by atoms with Crippen molar-refractivity contribution in [1.29, 1.82) is 0 Å². The molecule has 2 aromatic carbocycles. The topological polar surface area (TPSA) is 83.7 Å². The molecule has 1 saturated heterocycles. The number of nitrogens with zero attached hydrogens (tertiary/aromatic N) is 3. The second kappa shape index (κ2) is 8.75. The summed E-state index contributed by atoms with van der Waals surface area (Å²) >= 11 is 0. The van der Waals surface area contributed by atoms with Gasteiger partial charge in [-0.2, -0.15) is 4.31 Å². The average molecular weight is 494 g/mol. The number of oxazole rings is 1. The van der Waals surface area contributed by atoms with E-state index < -0.39 is 16.1 Å². The molecule has 3 aromatic rings. The number of hydrogen-bond acceptors (Lipinski definition) is 5. The van der Waals surface area contributed by atoms with E-state index in [0.29, 0.717) is 31.8 Å².